The summed E-state index contributed by atoms with van der Waals surface area (Å²) >= 11 is 0. The van der Waals surface area contributed by atoms with E-state index >= 15 is 0 Å². The second-order valence-electron chi connectivity index (χ2n) is 6.35. The van der Waals surface area contributed by atoms with Crippen molar-refractivity contribution >= 4 is 11.4 Å². The molecule has 1 fully saturated rings. The molecule has 2 N–H and O–H groups in total. The van der Waals surface area contributed by atoms with Crippen LogP contribution in [0.2, 0.25) is 0 Å². The van der Waals surface area contributed by atoms with Crippen molar-refractivity contribution in [3.05, 3.63) is 47.8 Å². The minimum absolute atomic E-state index is 0.0130. The van der Waals surface area contributed by atoms with Crippen LogP contribution in [0, 0.1) is 5.82 Å². The van der Waals surface area contributed by atoms with E-state index in [4.69, 9.17) is 0 Å². The average molecular weight is 351 g/mol. The van der Waals surface area contributed by atoms with Gasteiger partial charge in [0.25, 0.3) is 0 Å². The first-order chi connectivity index (χ1) is 11.9. The molecule has 1 atom stereocenters. The zero-order valence-corrected chi connectivity index (χ0v) is 13.3. The van der Waals surface area contributed by atoms with Gasteiger partial charge in [0.1, 0.15) is 5.82 Å². The molecule has 0 bridgehead atoms. The van der Waals surface area contributed by atoms with Crippen molar-refractivity contribution in [2.45, 2.75) is 12.2 Å². The Labute approximate surface area is 142 Å². The Balaban J connectivity index is 1.77. The highest BCUT2D eigenvalue weighted by atomic mass is 19.4. The molecule has 2 aliphatic rings. The van der Waals surface area contributed by atoms with E-state index in [0.29, 0.717) is 17.7 Å². The molecule has 1 unspecified atom stereocenters. The number of alkyl halides is 3. The van der Waals surface area contributed by atoms with Gasteiger partial charge in [-0.15, -0.1) is 0 Å². The number of rotatable bonds is 1. The smallest absolute Gasteiger partial charge is 0.381 e. The highest BCUT2D eigenvalue weighted by molar-refractivity contribution is 5.81. The molecule has 0 aromatic heterocycles. The van der Waals surface area contributed by atoms with Crippen molar-refractivity contribution in [1.82, 2.24) is 5.32 Å². The van der Waals surface area contributed by atoms with Gasteiger partial charge < -0.3 is 15.5 Å². The molecular weight excluding hydrogens is 334 g/mol. The average Bonchev–Trinajstić information content (AvgIpc) is 2.60. The molecule has 25 heavy (non-hydrogen) atoms. The fourth-order valence-corrected chi connectivity index (χ4v) is 3.59. The number of fused-ring (bicyclic) bond motifs is 3. The van der Waals surface area contributed by atoms with Gasteiger partial charge in [-0.25, -0.2) is 4.39 Å². The number of halogens is 4. The fourth-order valence-electron chi connectivity index (χ4n) is 3.59. The van der Waals surface area contributed by atoms with Crippen molar-refractivity contribution in [2.75, 3.05) is 36.4 Å². The van der Waals surface area contributed by atoms with Gasteiger partial charge in [0.15, 0.2) is 0 Å². The predicted molar refractivity (Wildman–Crippen MR) is 89.3 cm³/mol. The first-order valence-corrected chi connectivity index (χ1v) is 8.16. The van der Waals surface area contributed by atoms with Crippen molar-refractivity contribution < 1.29 is 17.6 Å². The van der Waals surface area contributed by atoms with Gasteiger partial charge in [-0.05, 0) is 35.4 Å². The molecule has 2 aromatic carbocycles. The maximum atomic E-state index is 13.3. The van der Waals surface area contributed by atoms with E-state index < -0.39 is 17.6 Å². The molecule has 0 saturated carbocycles. The molecular formula is C18H17F4N3. The van der Waals surface area contributed by atoms with Gasteiger partial charge in [0, 0.05) is 26.2 Å². The molecule has 2 heterocycles. The van der Waals surface area contributed by atoms with Crippen LogP contribution in [0.15, 0.2) is 36.4 Å². The Bertz CT molecular complexity index is 803. The van der Waals surface area contributed by atoms with Crippen LogP contribution in [0.4, 0.5) is 28.9 Å². The third kappa shape index (κ3) is 2.93. The Hall–Kier alpha value is -2.28. The quantitative estimate of drug-likeness (QED) is 0.767. The summed E-state index contributed by atoms with van der Waals surface area (Å²) in [6.45, 7) is 3.36. The molecule has 2 aromatic rings. The molecule has 0 spiro atoms. The van der Waals surface area contributed by atoms with Crippen LogP contribution in [-0.2, 0) is 6.18 Å². The third-order valence-corrected chi connectivity index (χ3v) is 4.78. The predicted octanol–water partition coefficient (Wildman–Crippen LogP) is 3.72. The van der Waals surface area contributed by atoms with Gasteiger partial charge in [0.2, 0.25) is 0 Å². The summed E-state index contributed by atoms with van der Waals surface area (Å²) in [5.74, 6) is -0.893. The highest BCUT2D eigenvalue weighted by Gasteiger charge is 2.35. The summed E-state index contributed by atoms with van der Waals surface area (Å²) < 4.78 is 53.2. The number of hydrogen-bond donors (Lipinski definition) is 2. The molecule has 0 amide bonds. The topological polar surface area (TPSA) is 27.3 Å². The summed E-state index contributed by atoms with van der Waals surface area (Å²) in [7, 11) is 0. The lowest BCUT2D eigenvalue weighted by atomic mass is 9.96. The zero-order valence-electron chi connectivity index (χ0n) is 13.3. The number of benzene rings is 2. The minimum atomic E-state index is -4.61. The number of nitrogens with one attached hydrogen (secondary N) is 2. The number of nitrogens with zero attached hydrogens (tertiary/aromatic N) is 1. The van der Waals surface area contributed by atoms with E-state index in [1.165, 1.54) is 6.07 Å². The Kier molecular flexibility index (Phi) is 3.83. The SMILES string of the molecule is Fc1ccc(-c2ccc3c(c2)NCC2CNCCN32)c(C(F)(F)F)c1. The van der Waals surface area contributed by atoms with Gasteiger partial charge >= 0.3 is 6.18 Å². The van der Waals surface area contributed by atoms with E-state index in [0.717, 1.165) is 43.6 Å². The molecule has 2 aliphatic heterocycles. The molecule has 132 valence electrons. The van der Waals surface area contributed by atoms with Crippen LogP contribution in [0.5, 0.6) is 0 Å². The Morgan fingerprint density at radius 3 is 2.68 bits per heavy atom. The number of piperazine rings is 1. The molecule has 0 aliphatic carbocycles. The summed E-state index contributed by atoms with van der Waals surface area (Å²) in [4.78, 5) is 2.28. The molecule has 3 nitrogen and oxygen atoms in total. The van der Waals surface area contributed by atoms with Crippen molar-refractivity contribution in [1.29, 1.82) is 0 Å². The zero-order chi connectivity index (χ0) is 17.6. The second-order valence-corrected chi connectivity index (χ2v) is 6.35. The van der Waals surface area contributed by atoms with Gasteiger partial charge in [-0.3, -0.25) is 0 Å². The number of anilines is 2. The summed E-state index contributed by atoms with van der Waals surface area (Å²) in [6, 6.07) is 8.38. The van der Waals surface area contributed by atoms with Crippen molar-refractivity contribution in [2.24, 2.45) is 0 Å². The highest BCUT2D eigenvalue weighted by Crippen LogP contribution is 2.41. The van der Waals surface area contributed by atoms with E-state index in [9.17, 15) is 17.6 Å². The van der Waals surface area contributed by atoms with Gasteiger partial charge in [-0.1, -0.05) is 12.1 Å². The van der Waals surface area contributed by atoms with Crippen LogP contribution in [0.3, 0.4) is 0 Å². The second kappa shape index (κ2) is 5.91. The van der Waals surface area contributed by atoms with Crippen LogP contribution < -0.4 is 15.5 Å². The summed E-state index contributed by atoms with van der Waals surface area (Å²) in [5.41, 5.74) is 1.27. The third-order valence-electron chi connectivity index (χ3n) is 4.78. The fraction of sp³-hybridized carbons (Fsp3) is 0.333. The monoisotopic (exact) mass is 351 g/mol. The maximum Gasteiger partial charge on any atom is 0.417 e. The summed E-state index contributed by atoms with van der Waals surface area (Å²) in [5, 5.41) is 6.64. The Morgan fingerprint density at radius 1 is 1.04 bits per heavy atom. The lowest BCUT2D eigenvalue weighted by Crippen LogP contribution is -2.56. The van der Waals surface area contributed by atoms with E-state index in [1.807, 2.05) is 6.07 Å². The lowest BCUT2D eigenvalue weighted by Gasteiger charge is -2.43. The molecule has 7 heteroatoms. The molecule has 1 saturated heterocycles. The van der Waals surface area contributed by atoms with Gasteiger partial charge in [0.05, 0.1) is 23.0 Å². The van der Waals surface area contributed by atoms with Crippen LogP contribution >= 0.6 is 0 Å². The minimum Gasteiger partial charge on any atom is -0.381 e. The lowest BCUT2D eigenvalue weighted by molar-refractivity contribution is -0.137. The van der Waals surface area contributed by atoms with Crippen LogP contribution in [-0.4, -0.2) is 32.2 Å². The Morgan fingerprint density at radius 2 is 1.88 bits per heavy atom. The van der Waals surface area contributed by atoms with E-state index in [2.05, 4.69) is 15.5 Å². The van der Waals surface area contributed by atoms with Crippen molar-refractivity contribution in [3.8, 4) is 11.1 Å². The largest absolute Gasteiger partial charge is 0.417 e. The number of hydrogen-bond acceptors (Lipinski definition) is 3. The maximum absolute atomic E-state index is 13.3. The summed E-state index contributed by atoms with van der Waals surface area (Å²) in [6.07, 6.45) is -4.61. The van der Waals surface area contributed by atoms with Gasteiger partial charge in [-0.2, -0.15) is 13.2 Å². The van der Waals surface area contributed by atoms with Crippen LogP contribution in [0.1, 0.15) is 5.56 Å². The first-order valence-electron chi connectivity index (χ1n) is 8.16. The molecule has 0 radical (unpaired) electrons. The van der Waals surface area contributed by atoms with Crippen molar-refractivity contribution in [3.63, 3.8) is 0 Å². The molecule has 4 rings (SSSR count). The first kappa shape index (κ1) is 16.2. The standard InChI is InChI=1S/C18H17F4N3/c19-12-2-3-14(15(8-12)18(20,21)22)11-1-4-17-16(7-11)24-10-13-9-23-5-6-25(13)17/h1-4,7-8,13,23-24H,5-6,9-10H2. The van der Waals surface area contributed by atoms with Crippen LogP contribution in [0.25, 0.3) is 11.1 Å². The normalized spacial score (nSPS) is 19.8. The van der Waals surface area contributed by atoms with E-state index in [1.54, 1.807) is 12.1 Å². The van der Waals surface area contributed by atoms with E-state index in [-0.39, 0.29) is 5.56 Å².